The first-order valence-electron chi connectivity index (χ1n) is 7.02. The zero-order chi connectivity index (χ0) is 14.1. The largest absolute Gasteiger partial charge is 0.326 e. The van der Waals surface area contributed by atoms with Gasteiger partial charge in [-0.1, -0.05) is 18.2 Å². The van der Waals surface area contributed by atoms with Crippen molar-refractivity contribution in [2.75, 3.05) is 25.5 Å². The van der Waals surface area contributed by atoms with E-state index in [0.29, 0.717) is 5.69 Å². The van der Waals surface area contributed by atoms with Crippen LogP contribution < -0.4 is 5.32 Å². The van der Waals surface area contributed by atoms with Crippen molar-refractivity contribution < 1.29 is 9.59 Å². The maximum Gasteiger partial charge on any atom is 0.313 e. The molecule has 2 bridgehead atoms. The van der Waals surface area contributed by atoms with Crippen molar-refractivity contribution >= 4 is 17.5 Å². The number of amides is 2. The number of carbonyl (C=O) groups excluding carboxylic acids is 2. The molecule has 0 saturated carbocycles. The van der Waals surface area contributed by atoms with Crippen LogP contribution in [0.4, 0.5) is 5.69 Å². The Bertz CT molecular complexity index is 503. The lowest BCUT2D eigenvalue weighted by molar-refractivity contribution is -0.147. The smallest absolute Gasteiger partial charge is 0.313 e. The van der Waals surface area contributed by atoms with Crippen LogP contribution in [-0.4, -0.2) is 53.8 Å². The molecule has 0 spiro atoms. The fourth-order valence-electron chi connectivity index (χ4n) is 3.27. The number of nitrogens with zero attached hydrogens (tertiary/aromatic N) is 2. The summed E-state index contributed by atoms with van der Waals surface area (Å²) < 4.78 is 0. The summed E-state index contributed by atoms with van der Waals surface area (Å²) >= 11 is 0. The maximum atomic E-state index is 12.4. The molecule has 1 aromatic rings. The molecule has 0 aromatic heterocycles. The van der Waals surface area contributed by atoms with Crippen molar-refractivity contribution in [1.82, 2.24) is 9.80 Å². The average molecular weight is 273 g/mol. The van der Waals surface area contributed by atoms with Gasteiger partial charge < -0.3 is 15.1 Å². The highest BCUT2D eigenvalue weighted by atomic mass is 16.2. The summed E-state index contributed by atoms with van der Waals surface area (Å²) in [5.74, 6) is -0.924. The summed E-state index contributed by atoms with van der Waals surface area (Å²) in [4.78, 5) is 28.5. The standard InChI is InChI=1S/C15H19N3O2/c1-17-9-12-7-8-13(10-17)18(12)15(20)14(19)16-11-5-3-2-4-6-11/h2-6,12-13H,7-10H2,1H3,(H,16,19). The molecule has 0 radical (unpaired) electrons. The Kier molecular flexibility index (Phi) is 3.44. The number of benzene rings is 1. The van der Waals surface area contributed by atoms with Crippen LogP contribution in [0.25, 0.3) is 0 Å². The van der Waals surface area contributed by atoms with E-state index in [1.54, 1.807) is 17.0 Å². The van der Waals surface area contributed by atoms with Gasteiger partial charge in [0.25, 0.3) is 0 Å². The molecule has 2 saturated heterocycles. The molecule has 3 rings (SSSR count). The lowest BCUT2D eigenvalue weighted by Crippen LogP contribution is -2.57. The van der Waals surface area contributed by atoms with E-state index in [0.717, 1.165) is 25.9 Å². The maximum absolute atomic E-state index is 12.4. The van der Waals surface area contributed by atoms with Gasteiger partial charge in [0.1, 0.15) is 0 Å². The molecule has 5 heteroatoms. The van der Waals surface area contributed by atoms with Gasteiger partial charge in [-0.25, -0.2) is 0 Å². The van der Waals surface area contributed by atoms with Gasteiger partial charge in [0.05, 0.1) is 0 Å². The molecule has 1 N–H and O–H groups in total. The van der Waals surface area contributed by atoms with Crippen molar-refractivity contribution in [3.05, 3.63) is 30.3 Å². The van der Waals surface area contributed by atoms with Crippen molar-refractivity contribution in [3.63, 3.8) is 0 Å². The molecule has 2 aliphatic heterocycles. The zero-order valence-electron chi connectivity index (χ0n) is 11.6. The molecule has 2 amide bonds. The van der Waals surface area contributed by atoms with E-state index in [1.807, 2.05) is 18.2 Å². The van der Waals surface area contributed by atoms with Crippen LogP contribution in [0.5, 0.6) is 0 Å². The normalized spacial score (nSPS) is 25.6. The molecule has 5 nitrogen and oxygen atoms in total. The van der Waals surface area contributed by atoms with Crippen LogP contribution in [0.1, 0.15) is 12.8 Å². The van der Waals surface area contributed by atoms with Gasteiger partial charge in [0.15, 0.2) is 0 Å². The Labute approximate surface area is 118 Å². The molecule has 2 fully saturated rings. The fourth-order valence-corrected chi connectivity index (χ4v) is 3.27. The number of fused-ring (bicyclic) bond motifs is 2. The lowest BCUT2D eigenvalue weighted by Gasteiger charge is -2.39. The first-order chi connectivity index (χ1) is 9.65. The molecular weight excluding hydrogens is 254 g/mol. The van der Waals surface area contributed by atoms with Crippen LogP contribution in [0, 0.1) is 0 Å². The lowest BCUT2D eigenvalue weighted by atomic mass is 10.2. The van der Waals surface area contributed by atoms with E-state index >= 15 is 0 Å². The van der Waals surface area contributed by atoms with Crippen molar-refractivity contribution in [2.45, 2.75) is 24.9 Å². The average Bonchev–Trinajstić information content (AvgIpc) is 2.71. The first kappa shape index (κ1) is 13.1. The third kappa shape index (κ3) is 2.41. The summed E-state index contributed by atoms with van der Waals surface area (Å²) in [6, 6.07) is 9.48. The van der Waals surface area contributed by atoms with Gasteiger partial charge in [-0.3, -0.25) is 9.59 Å². The topological polar surface area (TPSA) is 52.7 Å². The zero-order valence-corrected chi connectivity index (χ0v) is 11.6. The number of anilines is 1. The minimum Gasteiger partial charge on any atom is -0.326 e. The number of piperazine rings is 1. The molecule has 20 heavy (non-hydrogen) atoms. The third-order valence-corrected chi connectivity index (χ3v) is 4.13. The van der Waals surface area contributed by atoms with Crippen LogP contribution in [0.3, 0.4) is 0 Å². The van der Waals surface area contributed by atoms with Crippen LogP contribution in [-0.2, 0) is 9.59 Å². The van der Waals surface area contributed by atoms with Crippen molar-refractivity contribution in [2.24, 2.45) is 0 Å². The summed E-state index contributed by atoms with van der Waals surface area (Å²) in [5, 5.41) is 2.68. The molecule has 2 heterocycles. The molecule has 0 aliphatic carbocycles. The second-order valence-corrected chi connectivity index (χ2v) is 5.64. The Morgan fingerprint density at radius 1 is 1.10 bits per heavy atom. The molecule has 2 aliphatic rings. The number of carbonyl (C=O) groups is 2. The number of rotatable bonds is 1. The minimum absolute atomic E-state index is 0.188. The highest BCUT2D eigenvalue weighted by molar-refractivity contribution is 6.39. The van der Waals surface area contributed by atoms with Gasteiger partial charge >= 0.3 is 11.8 Å². The summed E-state index contributed by atoms with van der Waals surface area (Å²) in [6.45, 7) is 1.72. The molecule has 2 atom stereocenters. The van der Waals surface area contributed by atoms with Gasteiger partial charge in [-0.2, -0.15) is 0 Å². The van der Waals surface area contributed by atoms with E-state index < -0.39 is 11.8 Å². The minimum atomic E-state index is -0.530. The SMILES string of the molecule is CN1CC2CCC(C1)N2C(=O)C(=O)Nc1ccccc1. The monoisotopic (exact) mass is 273 g/mol. The van der Waals surface area contributed by atoms with Crippen LogP contribution in [0.15, 0.2) is 30.3 Å². The predicted octanol–water partition coefficient (Wildman–Crippen LogP) is 0.930. The number of likely N-dealkylation sites (tertiary alicyclic amines) is 1. The second kappa shape index (κ2) is 5.25. The number of hydrogen-bond acceptors (Lipinski definition) is 3. The summed E-state index contributed by atoms with van der Waals surface area (Å²) in [5.41, 5.74) is 0.660. The van der Waals surface area contributed by atoms with E-state index in [4.69, 9.17) is 0 Å². The van der Waals surface area contributed by atoms with Gasteiger partial charge in [0.2, 0.25) is 0 Å². The van der Waals surface area contributed by atoms with E-state index in [2.05, 4.69) is 17.3 Å². The summed E-state index contributed by atoms with van der Waals surface area (Å²) in [7, 11) is 2.07. The quantitative estimate of drug-likeness (QED) is 0.775. The second-order valence-electron chi connectivity index (χ2n) is 5.64. The fraction of sp³-hybridized carbons (Fsp3) is 0.467. The van der Waals surface area contributed by atoms with Crippen LogP contribution >= 0.6 is 0 Å². The molecular formula is C15H19N3O2. The molecule has 2 unspecified atom stereocenters. The third-order valence-electron chi connectivity index (χ3n) is 4.13. The van der Waals surface area contributed by atoms with Gasteiger partial charge in [-0.15, -0.1) is 0 Å². The van der Waals surface area contributed by atoms with Crippen LogP contribution in [0.2, 0.25) is 0 Å². The summed E-state index contributed by atoms with van der Waals surface area (Å²) in [6.07, 6.45) is 2.00. The Balaban J connectivity index is 1.69. The molecule has 106 valence electrons. The van der Waals surface area contributed by atoms with E-state index in [9.17, 15) is 9.59 Å². The molecule has 1 aromatic carbocycles. The Morgan fingerprint density at radius 2 is 1.70 bits per heavy atom. The highest BCUT2D eigenvalue weighted by Crippen LogP contribution is 2.29. The van der Waals surface area contributed by atoms with Gasteiger partial charge in [0, 0.05) is 30.9 Å². The predicted molar refractivity (Wildman–Crippen MR) is 76.2 cm³/mol. The number of para-hydroxylation sites is 1. The Morgan fingerprint density at radius 3 is 2.30 bits per heavy atom. The van der Waals surface area contributed by atoms with E-state index in [1.165, 1.54) is 0 Å². The number of nitrogens with one attached hydrogen (secondary N) is 1. The number of hydrogen-bond donors (Lipinski definition) is 1. The first-order valence-corrected chi connectivity index (χ1v) is 7.02. The highest BCUT2D eigenvalue weighted by Gasteiger charge is 2.43. The van der Waals surface area contributed by atoms with Crippen molar-refractivity contribution in [1.29, 1.82) is 0 Å². The van der Waals surface area contributed by atoms with Crippen molar-refractivity contribution in [3.8, 4) is 0 Å². The van der Waals surface area contributed by atoms with E-state index in [-0.39, 0.29) is 12.1 Å². The number of likely N-dealkylation sites (N-methyl/N-ethyl adjacent to an activating group) is 1. The van der Waals surface area contributed by atoms with Gasteiger partial charge in [-0.05, 0) is 32.0 Å². The Hall–Kier alpha value is -1.88.